The molecule has 0 aromatic carbocycles. The van der Waals surface area contributed by atoms with Crippen molar-refractivity contribution in [3.05, 3.63) is 0 Å². The number of amides is 2. The first-order chi connectivity index (χ1) is 6.11. The van der Waals surface area contributed by atoms with Gasteiger partial charge in [-0.25, -0.2) is 4.79 Å². The van der Waals surface area contributed by atoms with Gasteiger partial charge in [-0.1, -0.05) is 0 Å². The van der Waals surface area contributed by atoms with Gasteiger partial charge in [0.15, 0.2) is 6.10 Å². The first kappa shape index (κ1) is 11.7. The molecule has 1 atom stereocenters. The molecule has 0 radical (unpaired) electrons. The highest BCUT2D eigenvalue weighted by molar-refractivity contribution is 5.82. The zero-order valence-electron chi connectivity index (χ0n) is 8.22. The summed E-state index contributed by atoms with van der Waals surface area (Å²) in [6.45, 7) is 6.12. The molecule has 2 amide bonds. The van der Waals surface area contributed by atoms with Crippen molar-refractivity contribution in [2.45, 2.75) is 26.9 Å². The molecule has 76 valence electrons. The van der Waals surface area contributed by atoms with Crippen LogP contribution in [0.4, 0.5) is 4.79 Å². The molecule has 0 fully saturated rings. The van der Waals surface area contributed by atoms with E-state index in [4.69, 9.17) is 4.74 Å². The van der Waals surface area contributed by atoms with Crippen molar-refractivity contribution in [3.8, 4) is 0 Å². The number of hydrogen-bond donors (Lipinski definition) is 2. The van der Waals surface area contributed by atoms with Gasteiger partial charge in [-0.3, -0.25) is 4.79 Å². The van der Waals surface area contributed by atoms with Crippen molar-refractivity contribution < 1.29 is 14.3 Å². The summed E-state index contributed by atoms with van der Waals surface area (Å²) < 4.78 is 4.74. The van der Waals surface area contributed by atoms with E-state index in [9.17, 15) is 9.59 Å². The molecule has 0 aliphatic rings. The smallest absolute Gasteiger partial charge is 0.407 e. The van der Waals surface area contributed by atoms with Crippen molar-refractivity contribution in [1.82, 2.24) is 10.6 Å². The topological polar surface area (TPSA) is 67.4 Å². The monoisotopic (exact) mass is 188 g/mol. The van der Waals surface area contributed by atoms with Crippen molar-refractivity contribution in [3.63, 3.8) is 0 Å². The molecule has 0 saturated carbocycles. The van der Waals surface area contributed by atoms with Crippen LogP contribution >= 0.6 is 0 Å². The van der Waals surface area contributed by atoms with Crippen LogP contribution in [-0.2, 0) is 9.53 Å². The maximum absolute atomic E-state index is 11.1. The molecule has 0 aliphatic carbocycles. The molecular formula is C8H16N2O3. The summed E-state index contributed by atoms with van der Waals surface area (Å²) in [6, 6.07) is 0. The third kappa shape index (κ3) is 5.05. The fourth-order valence-electron chi connectivity index (χ4n) is 0.718. The highest BCUT2D eigenvalue weighted by atomic mass is 16.6. The van der Waals surface area contributed by atoms with E-state index < -0.39 is 12.2 Å². The van der Waals surface area contributed by atoms with E-state index >= 15 is 0 Å². The minimum Gasteiger partial charge on any atom is -0.436 e. The highest BCUT2D eigenvalue weighted by Crippen LogP contribution is 1.90. The second-order valence-electron chi connectivity index (χ2n) is 2.47. The van der Waals surface area contributed by atoms with Gasteiger partial charge in [0.25, 0.3) is 5.91 Å². The molecule has 5 nitrogen and oxygen atoms in total. The van der Waals surface area contributed by atoms with E-state index in [2.05, 4.69) is 10.6 Å². The molecule has 0 aliphatic heterocycles. The van der Waals surface area contributed by atoms with Crippen LogP contribution in [-0.4, -0.2) is 31.2 Å². The Bertz CT molecular complexity index is 182. The number of carbonyl (C=O) groups is 2. The molecule has 0 bridgehead atoms. The minimum absolute atomic E-state index is 0.284. The number of alkyl carbamates (subject to hydrolysis) is 1. The van der Waals surface area contributed by atoms with E-state index in [0.29, 0.717) is 13.1 Å². The SMILES string of the molecule is CCNC(=O)OC(C)C(=O)NCC. The van der Waals surface area contributed by atoms with E-state index in [-0.39, 0.29) is 5.91 Å². The van der Waals surface area contributed by atoms with Crippen LogP contribution in [0.1, 0.15) is 20.8 Å². The van der Waals surface area contributed by atoms with Gasteiger partial charge < -0.3 is 15.4 Å². The highest BCUT2D eigenvalue weighted by Gasteiger charge is 2.15. The van der Waals surface area contributed by atoms with Crippen molar-refractivity contribution in [2.24, 2.45) is 0 Å². The summed E-state index contributed by atoms with van der Waals surface area (Å²) in [6.07, 6.45) is -1.31. The second-order valence-corrected chi connectivity index (χ2v) is 2.47. The lowest BCUT2D eigenvalue weighted by Crippen LogP contribution is -2.38. The largest absolute Gasteiger partial charge is 0.436 e. The molecule has 0 spiro atoms. The Labute approximate surface area is 77.8 Å². The Hall–Kier alpha value is -1.26. The molecule has 0 aromatic rings. The second kappa shape index (κ2) is 6.28. The Morgan fingerprint density at radius 3 is 2.23 bits per heavy atom. The number of ether oxygens (including phenoxy) is 1. The Morgan fingerprint density at radius 1 is 1.23 bits per heavy atom. The molecule has 1 unspecified atom stereocenters. The summed E-state index contributed by atoms with van der Waals surface area (Å²) in [4.78, 5) is 21.9. The molecule has 13 heavy (non-hydrogen) atoms. The number of likely N-dealkylation sites (N-methyl/N-ethyl adjacent to an activating group) is 1. The maximum atomic E-state index is 11.1. The van der Waals surface area contributed by atoms with E-state index in [1.54, 1.807) is 13.8 Å². The Kier molecular flexibility index (Phi) is 5.67. The summed E-state index contributed by atoms with van der Waals surface area (Å²) in [5.41, 5.74) is 0. The summed E-state index contributed by atoms with van der Waals surface area (Å²) in [5.74, 6) is -0.284. The lowest BCUT2D eigenvalue weighted by Gasteiger charge is -2.12. The van der Waals surface area contributed by atoms with Gasteiger partial charge >= 0.3 is 6.09 Å². The first-order valence-corrected chi connectivity index (χ1v) is 4.34. The predicted molar refractivity (Wildman–Crippen MR) is 48.3 cm³/mol. The van der Waals surface area contributed by atoms with Crippen LogP contribution in [0.5, 0.6) is 0 Å². The fourth-order valence-corrected chi connectivity index (χ4v) is 0.718. The van der Waals surface area contributed by atoms with Gasteiger partial charge in [0, 0.05) is 13.1 Å². The number of rotatable bonds is 4. The molecular weight excluding hydrogens is 172 g/mol. The van der Waals surface area contributed by atoms with Crippen LogP contribution in [0.3, 0.4) is 0 Å². The zero-order valence-corrected chi connectivity index (χ0v) is 8.22. The Morgan fingerprint density at radius 2 is 1.77 bits per heavy atom. The third-order valence-corrected chi connectivity index (χ3v) is 1.33. The van der Waals surface area contributed by atoms with Crippen molar-refractivity contribution >= 4 is 12.0 Å². The molecule has 0 aromatic heterocycles. The average molecular weight is 188 g/mol. The van der Waals surface area contributed by atoms with Gasteiger partial charge in [0.2, 0.25) is 0 Å². The van der Waals surface area contributed by atoms with Crippen LogP contribution in [0.2, 0.25) is 0 Å². The van der Waals surface area contributed by atoms with Crippen molar-refractivity contribution in [1.29, 1.82) is 0 Å². The normalized spacial score (nSPS) is 11.6. The average Bonchev–Trinajstić information content (AvgIpc) is 2.05. The van der Waals surface area contributed by atoms with E-state index in [1.165, 1.54) is 6.92 Å². The van der Waals surface area contributed by atoms with Gasteiger partial charge in [-0.2, -0.15) is 0 Å². The Balaban J connectivity index is 3.78. The predicted octanol–water partition coefficient (Wildman–Crippen LogP) is 0.257. The summed E-state index contributed by atoms with van der Waals surface area (Å²) in [5, 5.41) is 4.98. The van der Waals surface area contributed by atoms with Gasteiger partial charge in [0.05, 0.1) is 0 Å². The van der Waals surface area contributed by atoms with Crippen LogP contribution in [0.25, 0.3) is 0 Å². The van der Waals surface area contributed by atoms with Crippen molar-refractivity contribution in [2.75, 3.05) is 13.1 Å². The molecule has 0 saturated heterocycles. The molecule has 2 N–H and O–H groups in total. The fraction of sp³-hybridized carbons (Fsp3) is 0.750. The number of nitrogens with one attached hydrogen (secondary N) is 2. The van der Waals surface area contributed by atoms with E-state index in [0.717, 1.165) is 0 Å². The number of carbonyl (C=O) groups excluding carboxylic acids is 2. The minimum atomic E-state index is -0.744. The lowest BCUT2D eigenvalue weighted by molar-refractivity contribution is -0.128. The maximum Gasteiger partial charge on any atom is 0.407 e. The van der Waals surface area contributed by atoms with Crippen LogP contribution < -0.4 is 10.6 Å². The van der Waals surface area contributed by atoms with Gasteiger partial charge in [0.1, 0.15) is 0 Å². The lowest BCUT2D eigenvalue weighted by atomic mass is 10.4. The van der Waals surface area contributed by atoms with E-state index in [1.807, 2.05) is 0 Å². The summed E-state index contributed by atoms with van der Waals surface area (Å²) in [7, 11) is 0. The number of hydrogen-bond acceptors (Lipinski definition) is 3. The standard InChI is InChI=1S/C8H16N2O3/c1-4-9-7(11)6(3)13-8(12)10-5-2/h6H,4-5H2,1-3H3,(H,9,11)(H,10,12). The van der Waals surface area contributed by atoms with Crippen LogP contribution in [0.15, 0.2) is 0 Å². The molecule has 0 rings (SSSR count). The first-order valence-electron chi connectivity index (χ1n) is 4.34. The third-order valence-electron chi connectivity index (χ3n) is 1.33. The van der Waals surface area contributed by atoms with Crippen LogP contribution in [0, 0.1) is 0 Å². The van der Waals surface area contributed by atoms with Gasteiger partial charge in [-0.15, -0.1) is 0 Å². The van der Waals surface area contributed by atoms with Gasteiger partial charge in [-0.05, 0) is 20.8 Å². The quantitative estimate of drug-likeness (QED) is 0.665. The zero-order chi connectivity index (χ0) is 10.3. The molecule has 0 heterocycles. The summed E-state index contributed by atoms with van der Waals surface area (Å²) >= 11 is 0. The molecule has 5 heteroatoms.